The molecule has 3 nitrogen and oxygen atoms in total. The number of H-pyrrole nitrogens is 1. The molecule has 1 heterocycles. The Labute approximate surface area is 131 Å². The van der Waals surface area contributed by atoms with Gasteiger partial charge >= 0.3 is 6.18 Å². The highest BCUT2D eigenvalue weighted by Gasteiger charge is 2.29. The zero-order chi connectivity index (χ0) is 16.3. The first kappa shape index (κ1) is 15.1. The largest absolute Gasteiger partial charge is 0.416 e. The minimum atomic E-state index is -4.31. The number of nitrogens with zero attached hydrogens (tertiary/aromatic N) is 1. The minimum Gasteiger partial charge on any atom is -0.379 e. The van der Waals surface area contributed by atoms with Crippen LogP contribution in [0.2, 0.25) is 0 Å². The quantitative estimate of drug-likeness (QED) is 0.732. The molecule has 0 radical (unpaired) electrons. The second-order valence-corrected chi connectivity index (χ2v) is 5.09. The number of halogens is 3. The predicted octanol–water partition coefficient (Wildman–Crippen LogP) is 4.71. The number of aromatic nitrogens is 2. The number of aromatic amines is 1. The van der Waals surface area contributed by atoms with Gasteiger partial charge in [0.15, 0.2) is 0 Å². The number of rotatable bonds is 4. The van der Waals surface area contributed by atoms with E-state index in [2.05, 4.69) is 15.3 Å². The Kier molecular flexibility index (Phi) is 4.06. The molecule has 2 N–H and O–H groups in total. The molecule has 0 aliphatic carbocycles. The topological polar surface area (TPSA) is 40.7 Å². The molecule has 0 aliphatic heterocycles. The van der Waals surface area contributed by atoms with Crippen LogP contribution < -0.4 is 5.32 Å². The number of nitrogens with one attached hydrogen (secondary N) is 2. The van der Waals surface area contributed by atoms with Crippen molar-refractivity contribution in [2.45, 2.75) is 12.7 Å². The molecular formula is C17H14F3N3. The van der Waals surface area contributed by atoms with Crippen LogP contribution in [-0.4, -0.2) is 9.97 Å². The molecule has 1 aromatic heterocycles. The van der Waals surface area contributed by atoms with Gasteiger partial charge in [-0.2, -0.15) is 13.2 Å². The molecular weight excluding hydrogens is 303 g/mol. The van der Waals surface area contributed by atoms with Crippen molar-refractivity contribution in [3.05, 3.63) is 72.3 Å². The van der Waals surface area contributed by atoms with E-state index in [9.17, 15) is 13.2 Å². The van der Waals surface area contributed by atoms with Crippen LogP contribution in [0.25, 0.3) is 11.1 Å². The normalized spacial score (nSPS) is 11.4. The van der Waals surface area contributed by atoms with E-state index in [1.165, 1.54) is 12.1 Å². The summed E-state index contributed by atoms with van der Waals surface area (Å²) >= 11 is 0. The van der Waals surface area contributed by atoms with Gasteiger partial charge in [0.05, 0.1) is 24.1 Å². The summed E-state index contributed by atoms with van der Waals surface area (Å²) in [5, 5.41) is 3.24. The van der Waals surface area contributed by atoms with Crippen LogP contribution in [0, 0.1) is 0 Å². The second-order valence-electron chi connectivity index (χ2n) is 5.09. The molecule has 0 fully saturated rings. The van der Waals surface area contributed by atoms with E-state index in [0.29, 0.717) is 6.54 Å². The Balaban J connectivity index is 1.76. The van der Waals surface area contributed by atoms with E-state index in [1.54, 1.807) is 12.5 Å². The number of benzene rings is 2. The second kappa shape index (κ2) is 6.16. The van der Waals surface area contributed by atoms with Crippen molar-refractivity contribution in [1.29, 1.82) is 0 Å². The smallest absolute Gasteiger partial charge is 0.379 e. The number of hydrogen-bond acceptors (Lipinski definition) is 2. The van der Waals surface area contributed by atoms with Gasteiger partial charge in [0, 0.05) is 11.9 Å². The van der Waals surface area contributed by atoms with Crippen LogP contribution in [0.4, 0.5) is 18.9 Å². The van der Waals surface area contributed by atoms with Gasteiger partial charge < -0.3 is 10.3 Å². The van der Waals surface area contributed by atoms with E-state index in [-0.39, 0.29) is 0 Å². The van der Waals surface area contributed by atoms with Crippen molar-refractivity contribution < 1.29 is 13.2 Å². The van der Waals surface area contributed by atoms with Crippen LogP contribution in [0.15, 0.2) is 61.1 Å². The van der Waals surface area contributed by atoms with Crippen LogP contribution in [-0.2, 0) is 12.7 Å². The van der Waals surface area contributed by atoms with E-state index in [4.69, 9.17) is 0 Å². The lowest BCUT2D eigenvalue weighted by molar-refractivity contribution is -0.137. The summed E-state index contributed by atoms with van der Waals surface area (Å²) in [5.74, 6) is 0. The summed E-state index contributed by atoms with van der Waals surface area (Å²) in [7, 11) is 0. The van der Waals surface area contributed by atoms with E-state index < -0.39 is 11.7 Å². The lowest BCUT2D eigenvalue weighted by Gasteiger charge is -2.10. The van der Waals surface area contributed by atoms with E-state index >= 15 is 0 Å². The zero-order valence-electron chi connectivity index (χ0n) is 12.1. The van der Waals surface area contributed by atoms with Gasteiger partial charge in [-0.05, 0) is 35.4 Å². The summed E-state index contributed by atoms with van der Waals surface area (Å²) in [5.41, 5.74) is 2.79. The van der Waals surface area contributed by atoms with Crippen molar-refractivity contribution in [3.63, 3.8) is 0 Å². The molecule has 0 amide bonds. The molecule has 0 atom stereocenters. The van der Waals surface area contributed by atoms with E-state index in [0.717, 1.165) is 34.6 Å². The first-order chi connectivity index (χ1) is 11.0. The molecule has 0 aliphatic rings. The van der Waals surface area contributed by atoms with Crippen LogP contribution >= 0.6 is 0 Å². The molecule has 6 heteroatoms. The number of alkyl halides is 3. The highest BCUT2D eigenvalue weighted by Crippen LogP contribution is 2.31. The zero-order valence-corrected chi connectivity index (χ0v) is 12.1. The Morgan fingerprint density at radius 1 is 1.00 bits per heavy atom. The summed E-state index contributed by atoms with van der Waals surface area (Å²) in [6.45, 7) is 0.594. The Morgan fingerprint density at radius 2 is 1.78 bits per heavy atom. The maximum Gasteiger partial charge on any atom is 0.416 e. The third kappa shape index (κ3) is 3.71. The number of hydrogen-bond donors (Lipinski definition) is 2. The SMILES string of the molecule is FC(F)(F)c1ccc(-c2cccc(NCc3cnc[nH]3)c2)cc1. The molecule has 0 unspecified atom stereocenters. The Hall–Kier alpha value is -2.76. The fourth-order valence-corrected chi connectivity index (χ4v) is 2.24. The average molecular weight is 317 g/mol. The third-order valence-electron chi connectivity index (χ3n) is 3.45. The molecule has 0 bridgehead atoms. The summed E-state index contributed by atoms with van der Waals surface area (Å²) in [4.78, 5) is 6.93. The molecule has 3 rings (SSSR count). The van der Waals surface area contributed by atoms with Crippen molar-refractivity contribution in [2.75, 3.05) is 5.32 Å². The van der Waals surface area contributed by atoms with Gasteiger partial charge in [-0.1, -0.05) is 24.3 Å². The fourth-order valence-electron chi connectivity index (χ4n) is 2.24. The molecule has 3 aromatic rings. The van der Waals surface area contributed by atoms with Crippen molar-refractivity contribution in [1.82, 2.24) is 9.97 Å². The highest BCUT2D eigenvalue weighted by atomic mass is 19.4. The van der Waals surface area contributed by atoms with Gasteiger partial charge in [-0.3, -0.25) is 0 Å². The monoisotopic (exact) mass is 317 g/mol. The van der Waals surface area contributed by atoms with Crippen molar-refractivity contribution >= 4 is 5.69 Å². The lowest BCUT2D eigenvalue weighted by atomic mass is 10.0. The molecule has 23 heavy (non-hydrogen) atoms. The molecule has 0 saturated heterocycles. The lowest BCUT2D eigenvalue weighted by Crippen LogP contribution is -2.04. The maximum absolute atomic E-state index is 12.6. The van der Waals surface area contributed by atoms with Crippen molar-refractivity contribution in [2.24, 2.45) is 0 Å². The van der Waals surface area contributed by atoms with Gasteiger partial charge in [0.25, 0.3) is 0 Å². The van der Waals surface area contributed by atoms with Gasteiger partial charge in [-0.25, -0.2) is 4.98 Å². The average Bonchev–Trinajstić information content (AvgIpc) is 3.06. The fraction of sp³-hybridized carbons (Fsp3) is 0.118. The Morgan fingerprint density at radius 3 is 2.43 bits per heavy atom. The summed E-state index contributed by atoms with van der Waals surface area (Å²) < 4.78 is 37.8. The van der Waals surface area contributed by atoms with E-state index in [1.807, 2.05) is 24.3 Å². The third-order valence-corrected chi connectivity index (χ3v) is 3.45. The first-order valence-corrected chi connectivity index (χ1v) is 7.01. The van der Waals surface area contributed by atoms with Crippen LogP contribution in [0.5, 0.6) is 0 Å². The first-order valence-electron chi connectivity index (χ1n) is 7.01. The molecule has 118 valence electrons. The Bertz CT molecular complexity index is 763. The predicted molar refractivity (Wildman–Crippen MR) is 82.8 cm³/mol. The van der Waals surface area contributed by atoms with Crippen LogP contribution in [0.3, 0.4) is 0 Å². The number of anilines is 1. The minimum absolute atomic E-state index is 0.594. The number of imidazole rings is 1. The van der Waals surface area contributed by atoms with Gasteiger partial charge in [0.1, 0.15) is 0 Å². The van der Waals surface area contributed by atoms with Gasteiger partial charge in [-0.15, -0.1) is 0 Å². The standard InChI is InChI=1S/C17H14F3N3/c18-17(19,20)14-6-4-12(5-7-14)13-2-1-3-15(8-13)22-10-16-9-21-11-23-16/h1-9,11,22H,10H2,(H,21,23). The molecule has 2 aromatic carbocycles. The molecule has 0 spiro atoms. The van der Waals surface area contributed by atoms with Crippen molar-refractivity contribution in [3.8, 4) is 11.1 Å². The molecule has 0 saturated carbocycles. The summed E-state index contributed by atoms with van der Waals surface area (Å²) in [6.07, 6.45) is -0.978. The highest BCUT2D eigenvalue weighted by molar-refractivity contribution is 5.68. The maximum atomic E-state index is 12.6. The van der Waals surface area contributed by atoms with Crippen LogP contribution in [0.1, 0.15) is 11.3 Å². The summed E-state index contributed by atoms with van der Waals surface area (Å²) in [6, 6.07) is 12.7. The van der Waals surface area contributed by atoms with Gasteiger partial charge in [0.2, 0.25) is 0 Å².